The highest BCUT2D eigenvalue weighted by Crippen LogP contribution is 2.28. The minimum atomic E-state index is -0.551. The predicted molar refractivity (Wildman–Crippen MR) is 74.8 cm³/mol. The van der Waals surface area contributed by atoms with Crippen LogP contribution in [0.15, 0.2) is 42.5 Å². The van der Waals surface area contributed by atoms with Crippen molar-refractivity contribution >= 4 is 23.9 Å². The average molecular weight is 291 g/mol. The standard InChI is InChI=1S/C15H11ClO4/c1-19-14-7-10(9-17)5-6-13(14)20-15(18)11-3-2-4-12(16)8-11/h2-9H,1H3. The molecule has 102 valence electrons. The van der Waals surface area contributed by atoms with Crippen LogP contribution >= 0.6 is 11.6 Å². The summed E-state index contributed by atoms with van der Waals surface area (Å²) in [6, 6.07) is 11.0. The minimum absolute atomic E-state index is 0.239. The first-order valence-corrected chi connectivity index (χ1v) is 6.13. The van der Waals surface area contributed by atoms with Crippen LogP contribution in [0.25, 0.3) is 0 Å². The summed E-state index contributed by atoms with van der Waals surface area (Å²) < 4.78 is 10.3. The SMILES string of the molecule is COc1cc(C=O)ccc1OC(=O)c1cccc(Cl)c1. The van der Waals surface area contributed by atoms with Gasteiger partial charge in [0, 0.05) is 10.6 Å². The zero-order valence-electron chi connectivity index (χ0n) is 10.6. The highest BCUT2D eigenvalue weighted by Gasteiger charge is 2.13. The van der Waals surface area contributed by atoms with Crippen molar-refractivity contribution in [1.82, 2.24) is 0 Å². The molecular formula is C15H11ClO4. The molecule has 0 N–H and O–H groups in total. The maximum Gasteiger partial charge on any atom is 0.343 e. The Bertz CT molecular complexity index is 652. The van der Waals surface area contributed by atoms with Crippen molar-refractivity contribution in [2.24, 2.45) is 0 Å². The summed E-state index contributed by atoms with van der Waals surface area (Å²) in [5.74, 6) is -0.00212. The van der Waals surface area contributed by atoms with Gasteiger partial charge < -0.3 is 9.47 Å². The van der Waals surface area contributed by atoms with Crippen molar-refractivity contribution in [2.75, 3.05) is 7.11 Å². The third kappa shape index (κ3) is 3.16. The van der Waals surface area contributed by atoms with E-state index in [-0.39, 0.29) is 5.75 Å². The number of ether oxygens (including phenoxy) is 2. The van der Waals surface area contributed by atoms with E-state index >= 15 is 0 Å². The molecule has 0 unspecified atom stereocenters. The fraction of sp³-hybridized carbons (Fsp3) is 0.0667. The number of carbonyl (C=O) groups is 2. The Balaban J connectivity index is 2.25. The number of halogens is 1. The summed E-state index contributed by atoms with van der Waals surface area (Å²) in [5.41, 5.74) is 0.767. The van der Waals surface area contributed by atoms with Gasteiger partial charge in [0.2, 0.25) is 0 Å². The minimum Gasteiger partial charge on any atom is -0.493 e. The monoisotopic (exact) mass is 290 g/mol. The molecule has 0 aliphatic rings. The first-order valence-electron chi connectivity index (χ1n) is 5.75. The van der Waals surface area contributed by atoms with Gasteiger partial charge in [0.15, 0.2) is 11.5 Å². The van der Waals surface area contributed by atoms with E-state index in [1.807, 2.05) is 0 Å². The first-order chi connectivity index (χ1) is 9.63. The summed E-state index contributed by atoms with van der Waals surface area (Å²) in [4.78, 5) is 22.7. The number of carbonyl (C=O) groups excluding carboxylic acids is 2. The van der Waals surface area contributed by atoms with Crippen molar-refractivity contribution in [2.45, 2.75) is 0 Å². The van der Waals surface area contributed by atoms with Crippen LogP contribution in [0.3, 0.4) is 0 Å². The Kier molecular flexibility index (Phi) is 4.38. The number of aldehydes is 1. The van der Waals surface area contributed by atoms with Crippen LogP contribution < -0.4 is 9.47 Å². The number of hydrogen-bond donors (Lipinski definition) is 0. The second-order valence-electron chi connectivity index (χ2n) is 3.93. The van der Waals surface area contributed by atoms with Gasteiger partial charge in [-0.25, -0.2) is 4.79 Å². The first kappa shape index (κ1) is 14.1. The maximum absolute atomic E-state index is 12.0. The van der Waals surface area contributed by atoms with E-state index in [0.717, 1.165) is 0 Å². The molecule has 0 aromatic heterocycles. The summed E-state index contributed by atoms with van der Waals surface area (Å²) >= 11 is 5.82. The fourth-order valence-corrected chi connectivity index (χ4v) is 1.81. The van der Waals surface area contributed by atoms with Gasteiger partial charge in [-0.15, -0.1) is 0 Å². The van der Waals surface area contributed by atoms with Gasteiger partial charge in [0.05, 0.1) is 12.7 Å². The van der Waals surface area contributed by atoms with E-state index in [9.17, 15) is 9.59 Å². The fourth-order valence-electron chi connectivity index (χ4n) is 1.62. The lowest BCUT2D eigenvalue weighted by atomic mass is 10.2. The Hall–Kier alpha value is -2.33. The smallest absolute Gasteiger partial charge is 0.343 e. The van der Waals surface area contributed by atoms with E-state index in [1.54, 1.807) is 18.2 Å². The molecule has 4 nitrogen and oxygen atoms in total. The van der Waals surface area contributed by atoms with Crippen LogP contribution in [0.4, 0.5) is 0 Å². The molecule has 0 aliphatic carbocycles. The van der Waals surface area contributed by atoms with Crippen LogP contribution in [0.1, 0.15) is 20.7 Å². The molecule has 0 bridgehead atoms. The Morgan fingerprint density at radius 3 is 2.60 bits per heavy atom. The van der Waals surface area contributed by atoms with Crippen molar-refractivity contribution in [3.8, 4) is 11.5 Å². The van der Waals surface area contributed by atoms with Gasteiger partial charge in [0.25, 0.3) is 0 Å². The van der Waals surface area contributed by atoms with Crippen molar-refractivity contribution in [3.05, 3.63) is 58.6 Å². The maximum atomic E-state index is 12.0. The molecule has 0 atom stereocenters. The molecule has 2 rings (SSSR count). The third-order valence-corrected chi connectivity index (χ3v) is 2.82. The second kappa shape index (κ2) is 6.21. The van der Waals surface area contributed by atoms with E-state index in [2.05, 4.69) is 0 Å². The topological polar surface area (TPSA) is 52.6 Å². The zero-order chi connectivity index (χ0) is 14.5. The lowest BCUT2D eigenvalue weighted by Crippen LogP contribution is -2.09. The number of esters is 1. The highest BCUT2D eigenvalue weighted by molar-refractivity contribution is 6.30. The summed E-state index contributed by atoms with van der Waals surface area (Å²) in [5, 5.41) is 0.447. The van der Waals surface area contributed by atoms with E-state index in [0.29, 0.717) is 28.2 Å². The molecule has 2 aromatic rings. The van der Waals surface area contributed by atoms with Crippen LogP contribution in [-0.2, 0) is 0 Å². The van der Waals surface area contributed by atoms with Gasteiger partial charge in [-0.3, -0.25) is 4.79 Å². The molecule has 5 heteroatoms. The molecule has 0 heterocycles. The Morgan fingerprint density at radius 2 is 1.95 bits per heavy atom. The number of benzene rings is 2. The molecule has 20 heavy (non-hydrogen) atoms. The van der Waals surface area contributed by atoms with Crippen LogP contribution in [0.2, 0.25) is 5.02 Å². The summed E-state index contributed by atoms with van der Waals surface area (Å²) in [7, 11) is 1.43. The number of hydrogen-bond acceptors (Lipinski definition) is 4. The highest BCUT2D eigenvalue weighted by atomic mass is 35.5. The Labute approximate surface area is 120 Å². The van der Waals surface area contributed by atoms with Crippen LogP contribution in [-0.4, -0.2) is 19.4 Å². The van der Waals surface area contributed by atoms with Crippen molar-refractivity contribution < 1.29 is 19.1 Å². The number of rotatable bonds is 4. The van der Waals surface area contributed by atoms with E-state index in [4.69, 9.17) is 21.1 Å². The van der Waals surface area contributed by atoms with Gasteiger partial charge in [0.1, 0.15) is 6.29 Å². The number of methoxy groups -OCH3 is 1. The zero-order valence-corrected chi connectivity index (χ0v) is 11.4. The van der Waals surface area contributed by atoms with Gasteiger partial charge in [-0.05, 0) is 36.4 Å². The average Bonchev–Trinajstić information content (AvgIpc) is 2.47. The van der Waals surface area contributed by atoms with Crippen molar-refractivity contribution in [1.29, 1.82) is 0 Å². The lowest BCUT2D eigenvalue weighted by Gasteiger charge is -2.09. The van der Waals surface area contributed by atoms with Crippen LogP contribution in [0, 0.1) is 0 Å². The molecule has 2 aromatic carbocycles. The van der Waals surface area contributed by atoms with Gasteiger partial charge in [-0.1, -0.05) is 17.7 Å². The van der Waals surface area contributed by atoms with E-state index in [1.165, 1.54) is 31.4 Å². The molecule has 0 radical (unpaired) electrons. The van der Waals surface area contributed by atoms with Gasteiger partial charge in [-0.2, -0.15) is 0 Å². The predicted octanol–water partition coefficient (Wildman–Crippen LogP) is 3.38. The molecule has 0 amide bonds. The molecule has 0 saturated heterocycles. The molecule has 0 aliphatic heterocycles. The molecular weight excluding hydrogens is 280 g/mol. The molecule has 0 fully saturated rings. The van der Waals surface area contributed by atoms with Gasteiger partial charge >= 0.3 is 5.97 Å². The Morgan fingerprint density at radius 1 is 1.15 bits per heavy atom. The summed E-state index contributed by atoms with van der Waals surface area (Å²) in [6.45, 7) is 0. The molecule has 0 saturated carbocycles. The van der Waals surface area contributed by atoms with E-state index < -0.39 is 5.97 Å². The largest absolute Gasteiger partial charge is 0.493 e. The normalized spacial score (nSPS) is 9.90. The molecule has 0 spiro atoms. The van der Waals surface area contributed by atoms with Crippen LogP contribution in [0.5, 0.6) is 11.5 Å². The lowest BCUT2D eigenvalue weighted by molar-refractivity contribution is 0.0729. The quantitative estimate of drug-likeness (QED) is 0.492. The second-order valence-corrected chi connectivity index (χ2v) is 4.36. The van der Waals surface area contributed by atoms with Crippen molar-refractivity contribution in [3.63, 3.8) is 0 Å². The summed E-state index contributed by atoms with van der Waals surface area (Å²) in [6.07, 6.45) is 0.686. The third-order valence-electron chi connectivity index (χ3n) is 2.59.